The van der Waals surface area contributed by atoms with Gasteiger partial charge in [-0.2, -0.15) is 4.98 Å². The van der Waals surface area contributed by atoms with Gasteiger partial charge >= 0.3 is 0 Å². The van der Waals surface area contributed by atoms with Crippen LogP contribution in [0.5, 0.6) is 0 Å². The number of hydrogen-bond donors (Lipinski definition) is 3. The van der Waals surface area contributed by atoms with Crippen molar-refractivity contribution < 1.29 is 8.78 Å². The van der Waals surface area contributed by atoms with Crippen molar-refractivity contribution in [1.82, 2.24) is 20.6 Å². The summed E-state index contributed by atoms with van der Waals surface area (Å²) in [6.45, 7) is 14.3. The van der Waals surface area contributed by atoms with Crippen molar-refractivity contribution in [1.29, 1.82) is 0 Å². The second kappa shape index (κ2) is 18.1. The van der Waals surface area contributed by atoms with Gasteiger partial charge < -0.3 is 25.8 Å². The lowest BCUT2D eigenvalue weighted by Gasteiger charge is -2.38. The molecular weight excluding hydrogens is 484 g/mol. The quantitative estimate of drug-likeness (QED) is 0.356. The van der Waals surface area contributed by atoms with Gasteiger partial charge in [-0.1, -0.05) is 38.5 Å². The monoisotopic (exact) mass is 531 g/mol. The molecule has 1 saturated heterocycles. The Balaban J connectivity index is 0.000000709. The van der Waals surface area contributed by atoms with E-state index in [1.807, 2.05) is 33.2 Å². The van der Waals surface area contributed by atoms with E-state index in [0.29, 0.717) is 19.2 Å². The van der Waals surface area contributed by atoms with Crippen LogP contribution in [0.25, 0.3) is 0 Å². The predicted octanol–water partition coefficient (Wildman–Crippen LogP) is 6.75. The Morgan fingerprint density at radius 2 is 1.76 bits per heavy atom. The number of rotatable bonds is 6. The number of halogens is 2. The second-order valence-electron chi connectivity index (χ2n) is 8.77. The summed E-state index contributed by atoms with van der Waals surface area (Å²) in [4.78, 5) is 13.9. The summed E-state index contributed by atoms with van der Waals surface area (Å²) in [6, 6.07) is 6.59. The first-order valence-corrected chi connectivity index (χ1v) is 13.4. The SMILES string of the molecule is C/C=C\CC.CC.CC(C)=CNC1N(C)c2cnc(Nc3ccc(F)cc3)nc2N1C1CCNCC1.CF. The fourth-order valence-corrected chi connectivity index (χ4v) is 4.09. The molecule has 0 bridgehead atoms. The largest absolute Gasteiger partial charge is 0.354 e. The fraction of sp³-hybridized carbons (Fsp3) is 0.517. The van der Waals surface area contributed by atoms with Crippen LogP contribution in [0.3, 0.4) is 0 Å². The molecule has 1 fully saturated rings. The summed E-state index contributed by atoms with van der Waals surface area (Å²) < 4.78 is 22.7. The summed E-state index contributed by atoms with van der Waals surface area (Å²) in [5.41, 5.74) is 2.96. The van der Waals surface area contributed by atoms with Gasteiger partial charge in [0.05, 0.1) is 13.4 Å². The van der Waals surface area contributed by atoms with Gasteiger partial charge in [-0.25, -0.2) is 9.37 Å². The first-order chi connectivity index (χ1) is 18.4. The number of allylic oxidation sites excluding steroid dienone is 3. The number of nitrogens with zero attached hydrogens (tertiary/aromatic N) is 4. The minimum absolute atomic E-state index is 0.0154. The summed E-state index contributed by atoms with van der Waals surface area (Å²) in [5, 5.41) is 10.2. The number of piperidine rings is 1. The Kier molecular flexibility index (Phi) is 15.7. The number of benzene rings is 1. The smallest absolute Gasteiger partial charge is 0.229 e. The molecule has 4 rings (SSSR count). The third-order valence-electron chi connectivity index (χ3n) is 5.80. The number of aromatic nitrogens is 2. The molecule has 7 nitrogen and oxygen atoms in total. The van der Waals surface area contributed by atoms with Crippen LogP contribution >= 0.6 is 0 Å². The van der Waals surface area contributed by atoms with E-state index < -0.39 is 0 Å². The van der Waals surface area contributed by atoms with Gasteiger partial charge in [0.2, 0.25) is 5.95 Å². The molecule has 3 heterocycles. The van der Waals surface area contributed by atoms with Gasteiger partial charge in [0.15, 0.2) is 12.1 Å². The average Bonchev–Trinajstić information content (AvgIpc) is 3.23. The Morgan fingerprint density at radius 3 is 2.29 bits per heavy atom. The molecule has 1 aromatic heterocycles. The topological polar surface area (TPSA) is 68.3 Å². The molecule has 0 saturated carbocycles. The van der Waals surface area contributed by atoms with Gasteiger partial charge in [0.1, 0.15) is 11.5 Å². The zero-order chi connectivity index (χ0) is 28.5. The van der Waals surface area contributed by atoms with E-state index in [0.717, 1.165) is 49.5 Å². The van der Waals surface area contributed by atoms with Crippen molar-refractivity contribution in [2.45, 2.75) is 73.1 Å². The third kappa shape index (κ3) is 9.59. The zero-order valence-electron chi connectivity index (χ0n) is 24.4. The maximum Gasteiger partial charge on any atom is 0.229 e. The van der Waals surface area contributed by atoms with Crippen LogP contribution in [-0.2, 0) is 0 Å². The van der Waals surface area contributed by atoms with E-state index in [4.69, 9.17) is 4.98 Å². The first kappa shape index (κ1) is 32.8. The minimum atomic E-state index is -0.266. The lowest BCUT2D eigenvalue weighted by atomic mass is 10.1. The Bertz CT molecular complexity index is 969. The molecule has 2 aliphatic heterocycles. The van der Waals surface area contributed by atoms with Crippen molar-refractivity contribution in [3.05, 3.63) is 60.2 Å². The second-order valence-corrected chi connectivity index (χ2v) is 8.77. The number of nitrogens with one attached hydrogen (secondary N) is 3. The molecule has 3 N–H and O–H groups in total. The van der Waals surface area contributed by atoms with E-state index in [9.17, 15) is 8.78 Å². The highest BCUT2D eigenvalue weighted by Crippen LogP contribution is 2.39. The van der Waals surface area contributed by atoms with Crippen molar-refractivity contribution >= 4 is 23.1 Å². The van der Waals surface area contributed by atoms with Crippen LogP contribution in [-0.4, -0.2) is 49.6 Å². The van der Waals surface area contributed by atoms with Crippen molar-refractivity contribution in [3.8, 4) is 0 Å². The van der Waals surface area contributed by atoms with Gasteiger partial charge in [0.25, 0.3) is 0 Å². The summed E-state index contributed by atoms with van der Waals surface area (Å²) in [6.07, 6.45) is 11.4. The van der Waals surface area contributed by atoms with E-state index in [1.54, 1.807) is 12.1 Å². The van der Waals surface area contributed by atoms with Crippen LogP contribution in [0.1, 0.15) is 60.8 Å². The van der Waals surface area contributed by atoms with E-state index in [-0.39, 0.29) is 12.1 Å². The van der Waals surface area contributed by atoms with Crippen LogP contribution < -0.4 is 25.8 Å². The average molecular weight is 532 g/mol. The summed E-state index contributed by atoms with van der Waals surface area (Å²) in [5.74, 6) is 1.15. The minimum Gasteiger partial charge on any atom is -0.354 e. The molecular formula is C29H47F2N7. The molecule has 1 aromatic carbocycles. The number of anilines is 4. The predicted molar refractivity (Wildman–Crippen MR) is 158 cm³/mol. The molecule has 0 spiro atoms. The van der Waals surface area contributed by atoms with E-state index >= 15 is 0 Å². The fourth-order valence-electron chi connectivity index (χ4n) is 4.09. The standard InChI is InChI=1S/C21H28FN7.C5H10.C2H6.CH3F/c1-14(2)12-25-21-28(3)18-13-24-20(26-16-6-4-15(22)5-7-16)27-19(18)29(21)17-8-10-23-11-9-17;1-3-5-4-2;2*1-2/h4-7,12-13,17,21,23,25H,8-11H2,1-3H3,(H,24,26,27);3,5H,4H2,1-2H3;1-2H3;1H3/b;5-3-;;. The molecule has 0 aliphatic carbocycles. The number of hydrogen-bond acceptors (Lipinski definition) is 7. The lowest BCUT2D eigenvalue weighted by Crippen LogP contribution is -2.56. The number of fused-ring (bicyclic) bond motifs is 1. The Labute approximate surface area is 228 Å². The molecule has 212 valence electrons. The Hall–Kier alpha value is -3.20. The number of alkyl halides is 1. The van der Waals surface area contributed by atoms with E-state index in [1.165, 1.54) is 17.7 Å². The molecule has 2 aliphatic rings. The van der Waals surface area contributed by atoms with E-state index in [2.05, 4.69) is 70.7 Å². The molecule has 0 radical (unpaired) electrons. The summed E-state index contributed by atoms with van der Waals surface area (Å²) in [7, 11) is 2.56. The molecule has 2 aromatic rings. The normalized spacial score (nSPS) is 16.2. The molecule has 9 heteroatoms. The molecule has 0 amide bonds. The van der Waals surface area contributed by atoms with Gasteiger partial charge in [-0.05, 0) is 83.6 Å². The summed E-state index contributed by atoms with van der Waals surface area (Å²) >= 11 is 0. The van der Waals surface area contributed by atoms with Crippen molar-refractivity contribution in [3.63, 3.8) is 0 Å². The van der Waals surface area contributed by atoms with Gasteiger partial charge in [-0.3, -0.25) is 4.39 Å². The van der Waals surface area contributed by atoms with Gasteiger partial charge in [0, 0.05) is 18.8 Å². The lowest BCUT2D eigenvalue weighted by molar-refractivity contribution is 0.392. The highest BCUT2D eigenvalue weighted by Gasteiger charge is 2.39. The Morgan fingerprint density at radius 1 is 1.13 bits per heavy atom. The molecule has 38 heavy (non-hydrogen) atoms. The molecule has 1 atom stereocenters. The first-order valence-electron chi connectivity index (χ1n) is 13.4. The van der Waals surface area contributed by atoms with Crippen molar-refractivity contribution in [2.24, 2.45) is 0 Å². The maximum atomic E-state index is 13.2. The van der Waals surface area contributed by atoms with Crippen molar-refractivity contribution in [2.75, 3.05) is 42.4 Å². The van der Waals surface area contributed by atoms with Crippen LogP contribution in [0.2, 0.25) is 0 Å². The van der Waals surface area contributed by atoms with Crippen LogP contribution in [0.4, 0.5) is 31.9 Å². The van der Waals surface area contributed by atoms with Crippen LogP contribution in [0.15, 0.2) is 54.4 Å². The zero-order valence-corrected chi connectivity index (χ0v) is 24.4. The third-order valence-corrected chi connectivity index (χ3v) is 5.80. The molecule has 1 unspecified atom stereocenters. The van der Waals surface area contributed by atoms with Crippen LogP contribution in [0, 0.1) is 5.82 Å². The maximum absolute atomic E-state index is 13.2. The highest BCUT2D eigenvalue weighted by atomic mass is 19.1. The highest BCUT2D eigenvalue weighted by molar-refractivity contribution is 5.75. The van der Waals surface area contributed by atoms with Gasteiger partial charge in [-0.15, -0.1) is 0 Å².